The lowest BCUT2D eigenvalue weighted by Crippen LogP contribution is -2.61. The molecule has 3 saturated carbocycles. The fourth-order valence-electron chi connectivity index (χ4n) is 7.29. The lowest BCUT2D eigenvalue weighted by atomic mass is 9.36. The minimum atomic E-state index is 0.611. The van der Waals surface area contributed by atoms with Crippen LogP contribution >= 0.6 is 0 Å². The predicted octanol–water partition coefficient (Wildman–Crippen LogP) is 7.14. The Morgan fingerprint density at radius 1 is 1.17 bits per heavy atom. The number of hydrogen-bond acceptors (Lipinski definition) is 0. The average Bonchev–Trinajstić information content (AvgIpc) is 2.74. The van der Waals surface area contributed by atoms with Crippen LogP contribution in [0.25, 0.3) is 0 Å². The third kappa shape index (κ3) is 2.77. The van der Waals surface area contributed by atoms with Gasteiger partial charge in [-0.3, -0.25) is 0 Å². The standard InChI is InChI=1S/C23H41/c1-7-20-14-21-13-17(4)23(20,21)11-8-9-19-10-12-22(6,18(19)5)15-16(2)3/h8,16-21H,7,9-15H2,1-6H3/q+1. The molecule has 0 aromatic heterocycles. The molecule has 0 amide bonds. The molecule has 3 fully saturated rings. The summed E-state index contributed by atoms with van der Waals surface area (Å²) in [4.78, 5) is 0. The highest BCUT2D eigenvalue weighted by Crippen LogP contribution is 2.70. The second-order valence-electron chi connectivity index (χ2n) is 10.4. The Bertz CT molecular complexity index is 404. The highest BCUT2D eigenvalue weighted by molar-refractivity contribution is 5.13. The van der Waals surface area contributed by atoms with E-state index in [2.05, 4.69) is 48.0 Å². The van der Waals surface area contributed by atoms with Crippen LogP contribution in [0.1, 0.15) is 92.9 Å². The van der Waals surface area contributed by atoms with Gasteiger partial charge in [0.1, 0.15) is 0 Å². The molecule has 0 aromatic carbocycles. The molecule has 3 rings (SSSR count). The van der Waals surface area contributed by atoms with Gasteiger partial charge in [-0.25, -0.2) is 0 Å². The first-order chi connectivity index (χ1) is 10.8. The summed E-state index contributed by atoms with van der Waals surface area (Å²) in [6.07, 6.45) is 14.4. The maximum atomic E-state index is 2.74. The van der Waals surface area contributed by atoms with E-state index in [-0.39, 0.29) is 0 Å². The smallest absolute Gasteiger partial charge is 0.0651 e. The van der Waals surface area contributed by atoms with Crippen LogP contribution in [0.4, 0.5) is 0 Å². The molecule has 7 unspecified atom stereocenters. The zero-order valence-corrected chi connectivity index (χ0v) is 16.7. The lowest BCUT2D eigenvalue weighted by Gasteiger charge is -2.67. The van der Waals surface area contributed by atoms with Crippen LogP contribution in [0.2, 0.25) is 0 Å². The zero-order valence-electron chi connectivity index (χ0n) is 16.7. The molecule has 3 aliphatic carbocycles. The van der Waals surface area contributed by atoms with Gasteiger partial charge in [-0.1, -0.05) is 48.0 Å². The molecule has 0 aromatic rings. The van der Waals surface area contributed by atoms with Crippen molar-refractivity contribution in [3.05, 3.63) is 6.42 Å². The van der Waals surface area contributed by atoms with Gasteiger partial charge in [-0.05, 0) is 67.1 Å². The fraction of sp³-hybridized carbons (Fsp3) is 0.957. The van der Waals surface area contributed by atoms with Gasteiger partial charge < -0.3 is 0 Å². The van der Waals surface area contributed by atoms with Crippen molar-refractivity contribution in [3.63, 3.8) is 0 Å². The van der Waals surface area contributed by atoms with Crippen LogP contribution < -0.4 is 0 Å². The van der Waals surface area contributed by atoms with E-state index >= 15 is 0 Å². The van der Waals surface area contributed by atoms with Gasteiger partial charge in [0, 0.05) is 11.3 Å². The molecular weight excluding hydrogens is 276 g/mol. The van der Waals surface area contributed by atoms with Crippen LogP contribution in [-0.4, -0.2) is 0 Å². The second kappa shape index (κ2) is 6.30. The number of hydrogen-bond donors (Lipinski definition) is 0. The average molecular weight is 318 g/mol. The molecule has 7 atom stereocenters. The monoisotopic (exact) mass is 317 g/mol. The Morgan fingerprint density at radius 2 is 1.91 bits per heavy atom. The van der Waals surface area contributed by atoms with Crippen LogP contribution in [0.3, 0.4) is 0 Å². The SMILES string of the molecule is CCC1CC2CC(C)C12C[CH+]CC1CCC(C)(CC(C)C)C1C. The van der Waals surface area contributed by atoms with Crippen LogP contribution in [-0.2, 0) is 0 Å². The minimum Gasteiger partial charge on any atom is -0.0651 e. The number of rotatable bonds is 7. The van der Waals surface area contributed by atoms with Crippen LogP contribution in [0, 0.1) is 52.8 Å². The van der Waals surface area contributed by atoms with E-state index in [0.717, 1.165) is 40.9 Å². The molecule has 23 heavy (non-hydrogen) atoms. The first kappa shape index (κ1) is 17.7. The third-order valence-electron chi connectivity index (χ3n) is 8.87. The van der Waals surface area contributed by atoms with E-state index in [1.165, 1.54) is 44.9 Å². The van der Waals surface area contributed by atoms with Crippen molar-refractivity contribution in [2.75, 3.05) is 0 Å². The van der Waals surface area contributed by atoms with Gasteiger partial charge in [-0.15, -0.1) is 0 Å². The van der Waals surface area contributed by atoms with E-state index in [0.29, 0.717) is 5.41 Å². The summed E-state index contributed by atoms with van der Waals surface area (Å²) >= 11 is 0. The van der Waals surface area contributed by atoms with Crippen LogP contribution in [0.5, 0.6) is 0 Å². The Hall–Kier alpha value is -0.130. The third-order valence-corrected chi connectivity index (χ3v) is 8.87. The maximum absolute atomic E-state index is 2.74. The summed E-state index contributed by atoms with van der Waals surface area (Å²) in [6.45, 7) is 14.9. The first-order valence-corrected chi connectivity index (χ1v) is 10.6. The highest BCUT2D eigenvalue weighted by atomic mass is 14.7. The Labute approximate surface area is 146 Å². The normalized spacial score (nSPS) is 48.7. The minimum absolute atomic E-state index is 0.611. The van der Waals surface area contributed by atoms with Gasteiger partial charge in [0.05, 0.1) is 19.3 Å². The second-order valence-corrected chi connectivity index (χ2v) is 10.4. The van der Waals surface area contributed by atoms with E-state index in [1.807, 2.05) is 0 Å². The Morgan fingerprint density at radius 3 is 2.48 bits per heavy atom. The van der Waals surface area contributed by atoms with Crippen molar-refractivity contribution >= 4 is 0 Å². The molecule has 0 heterocycles. The molecule has 132 valence electrons. The molecule has 0 nitrogen and oxygen atoms in total. The molecule has 3 aliphatic rings. The molecule has 0 N–H and O–H groups in total. The summed E-state index contributed by atoms with van der Waals surface area (Å²) in [7, 11) is 0. The van der Waals surface area contributed by atoms with Crippen LogP contribution in [0.15, 0.2) is 0 Å². The molecule has 0 aliphatic heterocycles. The van der Waals surface area contributed by atoms with Crippen molar-refractivity contribution in [2.45, 2.75) is 92.9 Å². The highest BCUT2D eigenvalue weighted by Gasteiger charge is 2.65. The van der Waals surface area contributed by atoms with Crippen molar-refractivity contribution in [1.82, 2.24) is 0 Å². The maximum Gasteiger partial charge on any atom is 0.0939 e. The van der Waals surface area contributed by atoms with Gasteiger partial charge >= 0.3 is 0 Å². The summed E-state index contributed by atoms with van der Waals surface area (Å²) in [5, 5.41) is 0. The molecule has 0 saturated heterocycles. The summed E-state index contributed by atoms with van der Waals surface area (Å²) in [5.74, 6) is 5.85. The lowest BCUT2D eigenvalue weighted by molar-refractivity contribution is -0.193. The molecule has 0 bridgehead atoms. The van der Waals surface area contributed by atoms with Crippen molar-refractivity contribution < 1.29 is 0 Å². The van der Waals surface area contributed by atoms with E-state index in [4.69, 9.17) is 0 Å². The van der Waals surface area contributed by atoms with Crippen molar-refractivity contribution in [2.24, 2.45) is 46.3 Å². The summed E-state index contributed by atoms with van der Waals surface area (Å²) in [6, 6.07) is 0. The molecule has 0 heteroatoms. The molecular formula is C23H41+. The summed E-state index contributed by atoms with van der Waals surface area (Å²) < 4.78 is 0. The van der Waals surface area contributed by atoms with Gasteiger partial charge in [0.2, 0.25) is 0 Å². The molecule has 0 spiro atoms. The van der Waals surface area contributed by atoms with Crippen molar-refractivity contribution in [1.29, 1.82) is 0 Å². The Balaban J connectivity index is 1.50. The largest absolute Gasteiger partial charge is 0.0939 e. The fourth-order valence-corrected chi connectivity index (χ4v) is 7.29. The van der Waals surface area contributed by atoms with Gasteiger partial charge in [0.15, 0.2) is 0 Å². The number of fused-ring (bicyclic) bond motifs is 1. The van der Waals surface area contributed by atoms with E-state index in [9.17, 15) is 0 Å². The predicted molar refractivity (Wildman–Crippen MR) is 101 cm³/mol. The Kier molecular flexibility index (Phi) is 4.85. The van der Waals surface area contributed by atoms with E-state index in [1.54, 1.807) is 6.42 Å². The first-order valence-electron chi connectivity index (χ1n) is 10.6. The van der Waals surface area contributed by atoms with Gasteiger partial charge in [-0.2, -0.15) is 0 Å². The quantitative estimate of drug-likeness (QED) is 0.438. The van der Waals surface area contributed by atoms with E-state index < -0.39 is 0 Å². The zero-order chi connectivity index (χ0) is 16.8. The van der Waals surface area contributed by atoms with Gasteiger partial charge in [0.25, 0.3) is 0 Å². The topological polar surface area (TPSA) is 0 Å². The van der Waals surface area contributed by atoms with Crippen molar-refractivity contribution in [3.8, 4) is 0 Å². The molecule has 0 radical (unpaired) electrons. The summed E-state index contributed by atoms with van der Waals surface area (Å²) in [5.41, 5.74) is 1.36.